The predicted molar refractivity (Wildman–Crippen MR) is 81.7 cm³/mol. The summed E-state index contributed by atoms with van der Waals surface area (Å²) < 4.78 is 37.5. The smallest absolute Gasteiger partial charge is 0.273 e. The molecule has 1 fully saturated rings. The van der Waals surface area contributed by atoms with Crippen molar-refractivity contribution in [3.8, 4) is 0 Å². The summed E-state index contributed by atoms with van der Waals surface area (Å²) in [6, 6.07) is 3.04. The van der Waals surface area contributed by atoms with E-state index in [1.807, 2.05) is 4.72 Å². The van der Waals surface area contributed by atoms with Gasteiger partial charge in [-0.05, 0) is 47.8 Å². The van der Waals surface area contributed by atoms with Gasteiger partial charge < -0.3 is 9.47 Å². The zero-order valence-electron chi connectivity index (χ0n) is 11.4. The molecule has 2 rings (SSSR count). The summed E-state index contributed by atoms with van der Waals surface area (Å²) >= 11 is 4.22. The summed E-state index contributed by atoms with van der Waals surface area (Å²) in [6.07, 6.45) is 1.02. The van der Waals surface area contributed by atoms with Gasteiger partial charge in [0.05, 0.1) is 16.5 Å². The third-order valence-electron chi connectivity index (χ3n) is 2.97. The summed E-state index contributed by atoms with van der Waals surface area (Å²) in [5.74, 6) is -0.683. The first kappa shape index (κ1) is 16.9. The van der Waals surface area contributed by atoms with Crippen molar-refractivity contribution in [2.24, 2.45) is 0 Å². The number of thiophene rings is 1. The maximum atomic E-state index is 12.0. The first-order valence-corrected chi connectivity index (χ1v) is 9.53. The molecule has 1 aromatic rings. The van der Waals surface area contributed by atoms with Gasteiger partial charge in [-0.15, -0.1) is 11.3 Å². The lowest BCUT2D eigenvalue weighted by molar-refractivity contribution is -0.131. The van der Waals surface area contributed by atoms with Gasteiger partial charge in [-0.3, -0.25) is 4.79 Å². The van der Waals surface area contributed by atoms with Crippen molar-refractivity contribution in [1.82, 2.24) is 4.72 Å². The second kappa shape index (κ2) is 7.19. The van der Waals surface area contributed by atoms with Crippen LogP contribution in [-0.2, 0) is 24.3 Å². The minimum atomic E-state index is -3.84. The van der Waals surface area contributed by atoms with Crippen LogP contribution in [0, 0.1) is 0 Å². The molecular weight excluding hydrogens is 382 g/mol. The topological polar surface area (TPSA) is 81.7 Å². The predicted octanol–water partition coefficient (Wildman–Crippen LogP) is 1.90. The second-order valence-corrected chi connectivity index (χ2v) is 9.01. The van der Waals surface area contributed by atoms with Crippen LogP contribution in [-0.4, -0.2) is 39.7 Å². The third-order valence-corrected chi connectivity index (χ3v) is 6.44. The van der Waals surface area contributed by atoms with Crippen molar-refractivity contribution >= 4 is 43.2 Å². The zero-order chi connectivity index (χ0) is 15.5. The van der Waals surface area contributed by atoms with Gasteiger partial charge in [-0.1, -0.05) is 0 Å². The lowest BCUT2D eigenvalue weighted by Gasteiger charge is -2.15. The van der Waals surface area contributed by atoms with Crippen LogP contribution in [0.3, 0.4) is 0 Å². The van der Waals surface area contributed by atoms with Crippen LogP contribution in [0.2, 0.25) is 0 Å². The van der Waals surface area contributed by atoms with E-state index in [0.29, 0.717) is 17.0 Å². The molecule has 0 unspecified atom stereocenters. The lowest BCUT2D eigenvalue weighted by atomic mass is 10.2. The molecule has 0 bridgehead atoms. The molecule has 2 heterocycles. The highest BCUT2D eigenvalue weighted by Gasteiger charge is 2.25. The molecular formula is C12H16BrNO5S2. The molecule has 1 aliphatic rings. The first-order chi connectivity index (χ1) is 9.88. The van der Waals surface area contributed by atoms with Crippen LogP contribution in [0.5, 0.6) is 0 Å². The fourth-order valence-corrected chi connectivity index (χ4v) is 4.86. The molecule has 0 spiro atoms. The van der Waals surface area contributed by atoms with Crippen LogP contribution < -0.4 is 4.72 Å². The highest BCUT2D eigenvalue weighted by Crippen LogP contribution is 2.25. The number of hydrogen-bond donors (Lipinski definition) is 1. The summed E-state index contributed by atoms with van der Waals surface area (Å²) in [4.78, 5) is 11.9. The van der Waals surface area contributed by atoms with E-state index in [4.69, 9.17) is 9.47 Å². The highest BCUT2D eigenvalue weighted by molar-refractivity contribution is 9.11. The van der Waals surface area contributed by atoms with Crippen LogP contribution >= 0.6 is 27.3 Å². The van der Waals surface area contributed by atoms with Crippen LogP contribution in [0.4, 0.5) is 0 Å². The monoisotopic (exact) mass is 397 g/mol. The van der Waals surface area contributed by atoms with E-state index >= 15 is 0 Å². The van der Waals surface area contributed by atoms with Crippen molar-refractivity contribution in [1.29, 1.82) is 0 Å². The third kappa shape index (κ3) is 4.75. The maximum Gasteiger partial charge on any atom is 0.273 e. The molecule has 1 aliphatic heterocycles. The van der Waals surface area contributed by atoms with E-state index in [9.17, 15) is 13.2 Å². The van der Waals surface area contributed by atoms with Crippen molar-refractivity contribution < 1.29 is 22.7 Å². The summed E-state index contributed by atoms with van der Waals surface area (Å²) in [5.41, 5.74) is 0. The molecule has 1 N–H and O–H groups in total. The zero-order valence-corrected chi connectivity index (χ0v) is 14.6. The minimum Gasteiger partial charge on any atom is -0.376 e. The molecule has 9 heteroatoms. The average Bonchev–Trinajstić information content (AvgIpc) is 3.06. The van der Waals surface area contributed by atoms with Crippen molar-refractivity contribution in [3.05, 3.63) is 15.9 Å². The van der Waals surface area contributed by atoms with E-state index in [2.05, 4.69) is 15.9 Å². The number of halogens is 1. The normalized spacial score (nSPS) is 20.4. The number of ether oxygens (including phenoxy) is 2. The summed E-state index contributed by atoms with van der Waals surface area (Å²) in [5, 5.41) is 0. The van der Waals surface area contributed by atoms with Crippen molar-refractivity contribution in [3.63, 3.8) is 0 Å². The molecule has 6 nitrogen and oxygen atoms in total. The number of nitrogens with one attached hydrogen (secondary N) is 1. The van der Waals surface area contributed by atoms with Gasteiger partial charge in [-0.2, -0.15) is 0 Å². The SMILES string of the molecule is C[C@H](OC[C@@H]1CCCO1)C(=O)NS(=O)(=O)c1ccc(Br)s1. The molecule has 0 radical (unpaired) electrons. The Hall–Kier alpha value is -0.480. The summed E-state index contributed by atoms with van der Waals surface area (Å²) in [6.45, 7) is 2.51. The second-order valence-electron chi connectivity index (χ2n) is 4.64. The fourth-order valence-electron chi connectivity index (χ4n) is 1.81. The Kier molecular flexibility index (Phi) is 5.78. The molecule has 0 aromatic carbocycles. The van der Waals surface area contributed by atoms with E-state index in [1.54, 1.807) is 6.07 Å². The van der Waals surface area contributed by atoms with Gasteiger partial charge in [0.2, 0.25) is 0 Å². The summed E-state index contributed by atoms with van der Waals surface area (Å²) in [7, 11) is -3.84. The lowest BCUT2D eigenvalue weighted by Crippen LogP contribution is -2.39. The Bertz CT molecular complexity index is 595. The van der Waals surface area contributed by atoms with Gasteiger partial charge in [0.25, 0.3) is 15.9 Å². The quantitative estimate of drug-likeness (QED) is 0.792. The van der Waals surface area contributed by atoms with E-state index in [-0.39, 0.29) is 10.3 Å². The van der Waals surface area contributed by atoms with Gasteiger partial charge in [0.1, 0.15) is 10.3 Å². The molecule has 1 saturated heterocycles. The highest BCUT2D eigenvalue weighted by atomic mass is 79.9. The average molecular weight is 398 g/mol. The molecule has 21 heavy (non-hydrogen) atoms. The van der Waals surface area contributed by atoms with Crippen molar-refractivity contribution in [2.45, 2.75) is 36.2 Å². The van der Waals surface area contributed by atoms with Gasteiger partial charge in [-0.25, -0.2) is 13.1 Å². The van der Waals surface area contributed by atoms with E-state index in [1.165, 1.54) is 13.0 Å². The Morgan fingerprint density at radius 2 is 2.38 bits per heavy atom. The molecule has 0 saturated carbocycles. The van der Waals surface area contributed by atoms with Crippen LogP contribution in [0.25, 0.3) is 0 Å². The Balaban J connectivity index is 1.87. The molecule has 2 atom stereocenters. The fraction of sp³-hybridized carbons (Fsp3) is 0.583. The molecule has 1 aromatic heterocycles. The minimum absolute atomic E-state index is 0.00916. The Morgan fingerprint density at radius 1 is 1.62 bits per heavy atom. The van der Waals surface area contributed by atoms with Crippen LogP contribution in [0.15, 0.2) is 20.1 Å². The van der Waals surface area contributed by atoms with Gasteiger partial charge in [0.15, 0.2) is 0 Å². The standard InChI is InChI=1S/C12H16BrNO5S2/c1-8(19-7-9-3-2-6-18-9)12(15)14-21(16,17)11-5-4-10(13)20-11/h4-5,8-9H,2-3,6-7H2,1H3,(H,14,15)/t8-,9-/m0/s1. The number of rotatable bonds is 6. The number of amides is 1. The largest absolute Gasteiger partial charge is 0.376 e. The van der Waals surface area contributed by atoms with E-state index in [0.717, 1.165) is 24.2 Å². The van der Waals surface area contributed by atoms with Gasteiger partial charge >= 0.3 is 0 Å². The molecule has 1 amide bonds. The van der Waals surface area contributed by atoms with Crippen LogP contribution in [0.1, 0.15) is 19.8 Å². The Morgan fingerprint density at radius 3 is 2.95 bits per heavy atom. The number of sulfonamides is 1. The first-order valence-electron chi connectivity index (χ1n) is 6.43. The molecule has 118 valence electrons. The molecule has 0 aliphatic carbocycles. The Labute approximate surface area is 136 Å². The number of carbonyl (C=O) groups excluding carboxylic acids is 1. The van der Waals surface area contributed by atoms with E-state index < -0.39 is 22.0 Å². The number of hydrogen-bond acceptors (Lipinski definition) is 6. The number of carbonyl (C=O) groups is 1. The maximum absolute atomic E-state index is 12.0. The van der Waals surface area contributed by atoms with Gasteiger partial charge in [0, 0.05) is 6.61 Å². The van der Waals surface area contributed by atoms with Crippen molar-refractivity contribution in [2.75, 3.05) is 13.2 Å².